The molecule has 0 atom stereocenters. The van der Waals surface area contributed by atoms with E-state index < -0.39 is 9.84 Å². The summed E-state index contributed by atoms with van der Waals surface area (Å²) in [5, 5.41) is 6.53. The molecule has 0 aliphatic carbocycles. The van der Waals surface area contributed by atoms with Crippen LogP contribution >= 0.6 is 0 Å². The number of aryl methyl sites for hydroxylation is 3. The minimum absolute atomic E-state index is 0.0248. The third kappa shape index (κ3) is 4.88. The largest absolute Gasteiger partial charge is 0.339 e. The van der Waals surface area contributed by atoms with Gasteiger partial charge in [0.25, 0.3) is 0 Å². The zero-order chi connectivity index (χ0) is 22.0. The molecule has 0 bridgehead atoms. The van der Waals surface area contributed by atoms with Gasteiger partial charge in [-0.15, -0.1) is 0 Å². The molecule has 1 aliphatic heterocycles. The molecule has 4 rings (SSSR count). The van der Waals surface area contributed by atoms with Crippen molar-refractivity contribution in [2.45, 2.75) is 43.3 Å². The van der Waals surface area contributed by atoms with Gasteiger partial charge in [0.15, 0.2) is 21.4 Å². The van der Waals surface area contributed by atoms with Gasteiger partial charge in [0, 0.05) is 30.5 Å². The second-order valence-corrected chi connectivity index (χ2v) is 9.51. The number of rotatable bonds is 7. The molecule has 9 heteroatoms. The highest BCUT2D eigenvalue weighted by Crippen LogP contribution is 2.24. The minimum atomic E-state index is -3.59. The molecule has 160 valence electrons. The Kier molecular flexibility index (Phi) is 5.69. The molecule has 1 aliphatic rings. The first-order valence-electron chi connectivity index (χ1n) is 9.87. The highest BCUT2D eigenvalue weighted by Gasteiger charge is 2.20. The number of sulfone groups is 1. The third-order valence-corrected chi connectivity index (χ3v) is 6.73. The van der Waals surface area contributed by atoms with Crippen LogP contribution in [0.3, 0.4) is 0 Å². The Morgan fingerprint density at radius 2 is 1.90 bits per heavy atom. The number of amides is 1. The van der Waals surface area contributed by atoms with E-state index in [0.717, 1.165) is 16.8 Å². The predicted molar refractivity (Wildman–Crippen MR) is 112 cm³/mol. The molecular weight excluding hydrogens is 418 g/mol. The molecule has 3 aromatic rings. The average molecular weight is 439 g/mol. The first-order chi connectivity index (χ1) is 14.8. The summed E-state index contributed by atoms with van der Waals surface area (Å²) >= 11 is 0. The highest BCUT2D eigenvalue weighted by molar-refractivity contribution is 7.90. The van der Waals surface area contributed by atoms with Crippen LogP contribution < -0.4 is 5.32 Å². The number of aromatic nitrogens is 2. The zero-order valence-corrected chi connectivity index (χ0v) is 17.7. The monoisotopic (exact) mass is 439 g/mol. The van der Waals surface area contributed by atoms with Gasteiger partial charge in [-0.25, -0.2) is 8.42 Å². The Hall–Kier alpha value is -3.33. The van der Waals surface area contributed by atoms with Crippen molar-refractivity contribution in [1.29, 1.82) is 0 Å². The average Bonchev–Trinajstić information content (AvgIpc) is 3.18. The van der Waals surface area contributed by atoms with E-state index in [4.69, 9.17) is 4.52 Å². The Morgan fingerprint density at radius 1 is 1.13 bits per heavy atom. The number of nitrogens with one attached hydrogen (secondary N) is 1. The molecular formula is C22H21N3O5S. The number of nitrogens with zero attached hydrogens (tertiary/aromatic N) is 2. The van der Waals surface area contributed by atoms with Crippen molar-refractivity contribution in [1.82, 2.24) is 10.1 Å². The fourth-order valence-corrected chi connectivity index (χ4v) is 4.55. The van der Waals surface area contributed by atoms with Crippen molar-refractivity contribution in [3.63, 3.8) is 0 Å². The SMILES string of the molecule is Cc1ccc(S(=O)(=O)Cc2noc(CCC(=O)c3ccc4c(c3)CCC(=O)N4)n2)cc1. The van der Waals surface area contributed by atoms with E-state index in [1.807, 2.05) is 6.92 Å². The number of fused-ring (bicyclic) bond motifs is 1. The maximum absolute atomic E-state index is 12.5. The minimum Gasteiger partial charge on any atom is -0.339 e. The number of ketones is 1. The van der Waals surface area contributed by atoms with Crippen LogP contribution in [0.2, 0.25) is 0 Å². The maximum Gasteiger partial charge on any atom is 0.227 e. The van der Waals surface area contributed by atoms with E-state index in [0.29, 0.717) is 18.4 Å². The number of hydrogen-bond donors (Lipinski definition) is 1. The molecule has 0 spiro atoms. The van der Waals surface area contributed by atoms with Gasteiger partial charge in [-0.05, 0) is 49.2 Å². The second-order valence-electron chi connectivity index (χ2n) is 7.52. The van der Waals surface area contributed by atoms with Crippen molar-refractivity contribution in [3.05, 3.63) is 70.9 Å². The summed E-state index contributed by atoms with van der Waals surface area (Å²) in [4.78, 5) is 28.3. The zero-order valence-electron chi connectivity index (χ0n) is 16.9. The molecule has 2 heterocycles. The maximum atomic E-state index is 12.5. The number of carbonyl (C=O) groups is 2. The van der Waals surface area contributed by atoms with E-state index in [2.05, 4.69) is 15.5 Å². The van der Waals surface area contributed by atoms with E-state index in [1.165, 1.54) is 0 Å². The Morgan fingerprint density at radius 3 is 2.68 bits per heavy atom. The molecule has 31 heavy (non-hydrogen) atoms. The molecule has 0 saturated heterocycles. The van der Waals surface area contributed by atoms with Crippen LogP contribution in [0.1, 0.15) is 46.0 Å². The molecule has 1 aromatic heterocycles. The van der Waals surface area contributed by atoms with Crippen molar-refractivity contribution in [3.8, 4) is 0 Å². The summed E-state index contributed by atoms with van der Waals surface area (Å²) in [6.07, 6.45) is 1.37. The predicted octanol–water partition coefficient (Wildman–Crippen LogP) is 3.05. The van der Waals surface area contributed by atoms with Crippen LogP contribution in [-0.4, -0.2) is 30.2 Å². The van der Waals surface area contributed by atoms with Gasteiger partial charge in [-0.3, -0.25) is 9.59 Å². The Bertz CT molecular complexity index is 1250. The summed E-state index contributed by atoms with van der Waals surface area (Å²) in [5.74, 6) is -0.209. The number of anilines is 1. The molecule has 0 saturated carbocycles. The van der Waals surface area contributed by atoms with Gasteiger partial charge in [-0.1, -0.05) is 22.9 Å². The lowest BCUT2D eigenvalue weighted by molar-refractivity contribution is -0.116. The normalized spacial score (nSPS) is 13.5. The Labute approximate surface area is 179 Å². The lowest BCUT2D eigenvalue weighted by Gasteiger charge is -2.17. The van der Waals surface area contributed by atoms with Crippen molar-refractivity contribution < 1.29 is 22.5 Å². The lowest BCUT2D eigenvalue weighted by atomic mass is 9.97. The lowest BCUT2D eigenvalue weighted by Crippen LogP contribution is -2.19. The molecule has 0 fully saturated rings. The van der Waals surface area contributed by atoms with Gasteiger partial charge < -0.3 is 9.84 Å². The topological polar surface area (TPSA) is 119 Å². The van der Waals surface area contributed by atoms with Gasteiger partial charge in [-0.2, -0.15) is 4.98 Å². The number of benzene rings is 2. The first kappa shape index (κ1) is 20.9. The number of Topliss-reactive ketones (excluding diaryl/α,β-unsaturated/α-hetero) is 1. The highest BCUT2D eigenvalue weighted by atomic mass is 32.2. The summed E-state index contributed by atoms with van der Waals surface area (Å²) in [6, 6.07) is 11.8. The first-order valence-corrected chi connectivity index (χ1v) is 11.5. The third-order valence-electron chi connectivity index (χ3n) is 5.10. The van der Waals surface area contributed by atoms with Crippen LogP contribution in [0.4, 0.5) is 5.69 Å². The molecule has 1 amide bonds. The van der Waals surface area contributed by atoms with E-state index in [9.17, 15) is 18.0 Å². The molecule has 1 N–H and O–H groups in total. The number of carbonyl (C=O) groups excluding carboxylic acids is 2. The summed E-state index contributed by atoms with van der Waals surface area (Å²) in [7, 11) is -3.59. The quantitative estimate of drug-likeness (QED) is 0.562. The van der Waals surface area contributed by atoms with Crippen LogP contribution in [0.5, 0.6) is 0 Å². The van der Waals surface area contributed by atoms with Crippen LogP contribution in [0.15, 0.2) is 51.9 Å². The van der Waals surface area contributed by atoms with Crippen LogP contribution in [-0.2, 0) is 33.2 Å². The van der Waals surface area contributed by atoms with Crippen molar-refractivity contribution in [2.24, 2.45) is 0 Å². The fraction of sp³-hybridized carbons (Fsp3) is 0.273. The van der Waals surface area contributed by atoms with E-state index >= 15 is 0 Å². The van der Waals surface area contributed by atoms with E-state index in [-0.39, 0.29) is 46.9 Å². The van der Waals surface area contributed by atoms with Crippen LogP contribution in [0.25, 0.3) is 0 Å². The smallest absolute Gasteiger partial charge is 0.227 e. The molecule has 0 unspecified atom stereocenters. The fourth-order valence-electron chi connectivity index (χ4n) is 3.37. The summed E-state index contributed by atoms with van der Waals surface area (Å²) < 4.78 is 30.1. The van der Waals surface area contributed by atoms with Crippen LogP contribution in [0, 0.1) is 6.92 Å². The molecule has 8 nitrogen and oxygen atoms in total. The van der Waals surface area contributed by atoms with Crippen molar-refractivity contribution in [2.75, 3.05) is 5.32 Å². The standard InChI is InChI=1S/C22H21N3O5S/c1-14-2-6-17(7-3-14)31(28,29)13-20-24-22(30-25-20)11-9-19(26)16-4-8-18-15(12-16)5-10-21(27)23-18/h2-4,6-8,12H,5,9-11,13H2,1H3,(H,23,27). The Balaban J connectivity index is 1.37. The molecule has 0 radical (unpaired) electrons. The second kappa shape index (κ2) is 8.43. The summed E-state index contributed by atoms with van der Waals surface area (Å²) in [5.41, 5.74) is 3.20. The van der Waals surface area contributed by atoms with Gasteiger partial charge >= 0.3 is 0 Å². The van der Waals surface area contributed by atoms with Gasteiger partial charge in [0.1, 0.15) is 5.75 Å². The van der Waals surface area contributed by atoms with Gasteiger partial charge in [0.05, 0.1) is 4.90 Å². The summed E-state index contributed by atoms with van der Waals surface area (Å²) in [6.45, 7) is 1.88. The van der Waals surface area contributed by atoms with Crippen molar-refractivity contribution >= 4 is 27.2 Å². The van der Waals surface area contributed by atoms with Gasteiger partial charge in [0.2, 0.25) is 11.8 Å². The number of hydrogen-bond acceptors (Lipinski definition) is 7. The van der Waals surface area contributed by atoms with E-state index in [1.54, 1.807) is 42.5 Å². The molecule has 2 aromatic carbocycles.